The molecule has 0 rings (SSSR count). The number of carbonyl (C=O) groups is 3. The lowest BCUT2D eigenvalue weighted by molar-refractivity contribution is -0.157. The summed E-state index contributed by atoms with van der Waals surface area (Å²) < 4.78 is 0. The summed E-state index contributed by atoms with van der Waals surface area (Å²) in [5.41, 5.74) is 0. The van der Waals surface area contributed by atoms with Crippen LogP contribution in [0.1, 0.15) is 226 Å². The Labute approximate surface area is 274 Å². The predicted octanol–water partition coefficient (Wildman–Crippen LogP) is 12.3. The van der Waals surface area contributed by atoms with Crippen LogP contribution in [0.15, 0.2) is 0 Å². The van der Waals surface area contributed by atoms with E-state index in [1.807, 2.05) is 0 Å². The fourth-order valence-electron chi connectivity index (χ4n) is 6.22. The summed E-state index contributed by atoms with van der Waals surface area (Å²) in [5.74, 6) is -1.75. The Kier molecular flexibility index (Phi) is 31.9. The summed E-state index contributed by atoms with van der Waals surface area (Å²) >= 11 is 0. The minimum Gasteiger partial charge on any atom is -0.480 e. The van der Waals surface area contributed by atoms with E-state index in [9.17, 15) is 19.5 Å². The van der Waals surface area contributed by atoms with Gasteiger partial charge in [-0.15, -0.1) is 0 Å². The van der Waals surface area contributed by atoms with Crippen molar-refractivity contribution in [1.82, 2.24) is 4.90 Å². The lowest BCUT2D eigenvalue weighted by atomic mass is 10.0. The average molecular weight is 622 g/mol. The number of imide groups is 1. The van der Waals surface area contributed by atoms with Gasteiger partial charge >= 0.3 is 5.97 Å². The topological polar surface area (TPSA) is 74.7 Å². The van der Waals surface area contributed by atoms with E-state index in [0.29, 0.717) is 0 Å². The van der Waals surface area contributed by atoms with Gasteiger partial charge < -0.3 is 5.11 Å². The van der Waals surface area contributed by atoms with Crippen LogP contribution in [0, 0.1) is 0 Å². The Balaban J connectivity index is 3.89. The maximum absolute atomic E-state index is 12.9. The molecular formula is C39H75NO4. The highest BCUT2D eigenvalue weighted by atomic mass is 16.4. The molecule has 44 heavy (non-hydrogen) atoms. The standard InChI is InChI=1S/C39H75NO4/c1-4-6-8-10-12-14-16-18-20-22-24-26-28-30-32-34-37(41)40(36(3)39(43)44)38(42)35-33-31-29-27-25-23-21-19-17-15-13-11-9-7-5-2/h36H,4-35H2,1-3H3,(H,43,44)/t36-/m0/s1. The fourth-order valence-corrected chi connectivity index (χ4v) is 6.22. The van der Waals surface area contributed by atoms with Crippen molar-refractivity contribution in [3.8, 4) is 0 Å². The van der Waals surface area contributed by atoms with Crippen molar-refractivity contribution < 1.29 is 19.5 Å². The minimum absolute atomic E-state index is 0.264. The van der Waals surface area contributed by atoms with E-state index in [0.717, 1.165) is 43.4 Å². The second-order valence-electron chi connectivity index (χ2n) is 13.6. The molecule has 0 unspecified atom stereocenters. The summed E-state index contributed by atoms with van der Waals surface area (Å²) in [7, 11) is 0. The lowest BCUT2D eigenvalue weighted by Gasteiger charge is -2.25. The molecule has 0 aliphatic heterocycles. The first-order chi connectivity index (χ1) is 21.5. The fraction of sp³-hybridized carbons (Fsp3) is 0.923. The summed E-state index contributed by atoms with van der Waals surface area (Å²) in [4.78, 5) is 38.4. The molecule has 5 heteroatoms. The minimum atomic E-state index is -1.11. The van der Waals surface area contributed by atoms with Gasteiger partial charge in [-0.3, -0.25) is 14.5 Å². The second-order valence-corrected chi connectivity index (χ2v) is 13.6. The number of unbranched alkanes of at least 4 members (excludes halogenated alkanes) is 28. The first kappa shape index (κ1) is 42.6. The number of hydrogen-bond donors (Lipinski definition) is 1. The van der Waals surface area contributed by atoms with Crippen LogP contribution in [0.4, 0.5) is 0 Å². The van der Waals surface area contributed by atoms with E-state index in [4.69, 9.17) is 0 Å². The highest BCUT2D eigenvalue weighted by Gasteiger charge is 2.30. The van der Waals surface area contributed by atoms with Crippen molar-refractivity contribution in [3.05, 3.63) is 0 Å². The number of aliphatic carboxylic acids is 1. The summed E-state index contributed by atoms with van der Waals surface area (Å²) in [5, 5.41) is 9.51. The van der Waals surface area contributed by atoms with E-state index in [2.05, 4.69) is 13.8 Å². The zero-order valence-electron chi connectivity index (χ0n) is 29.8. The molecule has 0 aromatic heterocycles. The van der Waals surface area contributed by atoms with Crippen molar-refractivity contribution in [2.24, 2.45) is 0 Å². The molecule has 2 amide bonds. The average Bonchev–Trinajstić information content (AvgIpc) is 3.01. The molecule has 0 saturated heterocycles. The van der Waals surface area contributed by atoms with E-state index in [-0.39, 0.29) is 24.7 Å². The Hall–Kier alpha value is -1.39. The third-order valence-electron chi connectivity index (χ3n) is 9.27. The first-order valence-electron chi connectivity index (χ1n) is 19.5. The maximum atomic E-state index is 12.9. The van der Waals surface area contributed by atoms with Gasteiger partial charge in [0.1, 0.15) is 6.04 Å². The van der Waals surface area contributed by atoms with Gasteiger partial charge in [-0.05, 0) is 19.8 Å². The molecule has 260 valence electrons. The van der Waals surface area contributed by atoms with Crippen molar-refractivity contribution >= 4 is 17.8 Å². The molecule has 0 aromatic carbocycles. The van der Waals surface area contributed by atoms with Gasteiger partial charge in [-0.25, -0.2) is 4.79 Å². The predicted molar refractivity (Wildman–Crippen MR) is 188 cm³/mol. The Bertz CT molecular complexity index is 619. The van der Waals surface area contributed by atoms with E-state index < -0.39 is 12.0 Å². The van der Waals surface area contributed by atoms with Gasteiger partial charge in [0.2, 0.25) is 11.8 Å². The van der Waals surface area contributed by atoms with Gasteiger partial charge in [0.25, 0.3) is 0 Å². The number of nitrogens with zero attached hydrogens (tertiary/aromatic N) is 1. The van der Waals surface area contributed by atoms with Crippen molar-refractivity contribution in [2.45, 2.75) is 232 Å². The van der Waals surface area contributed by atoms with Gasteiger partial charge in [0.15, 0.2) is 0 Å². The van der Waals surface area contributed by atoms with Gasteiger partial charge in [0, 0.05) is 12.8 Å². The van der Waals surface area contributed by atoms with Crippen LogP contribution in [-0.4, -0.2) is 33.8 Å². The molecular weight excluding hydrogens is 546 g/mol. The van der Waals surface area contributed by atoms with E-state index in [1.165, 1.54) is 161 Å². The monoisotopic (exact) mass is 622 g/mol. The summed E-state index contributed by atoms with van der Waals surface area (Å²) in [6, 6.07) is -1.09. The first-order valence-corrected chi connectivity index (χ1v) is 19.5. The van der Waals surface area contributed by atoms with Crippen LogP contribution in [-0.2, 0) is 14.4 Å². The molecule has 0 aliphatic carbocycles. The zero-order chi connectivity index (χ0) is 32.5. The number of carboxylic acids is 1. The van der Waals surface area contributed by atoms with Crippen molar-refractivity contribution in [1.29, 1.82) is 0 Å². The third kappa shape index (κ3) is 27.0. The van der Waals surface area contributed by atoms with Crippen LogP contribution in [0.25, 0.3) is 0 Å². The molecule has 0 heterocycles. The molecule has 0 saturated carbocycles. The smallest absolute Gasteiger partial charge is 0.326 e. The molecule has 0 aromatic rings. The molecule has 5 nitrogen and oxygen atoms in total. The largest absolute Gasteiger partial charge is 0.480 e. The zero-order valence-corrected chi connectivity index (χ0v) is 29.8. The molecule has 0 bridgehead atoms. The van der Waals surface area contributed by atoms with Gasteiger partial charge in [-0.1, -0.05) is 194 Å². The SMILES string of the molecule is CCCCCCCCCCCCCCCCCC(=O)N(C(=O)CCCCCCCCCCCCCCCCC)[C@@H](C)C(=O)O. The van der Waals surface area contributed by atoms with E-state index in [1.54, 1.807) is 0 Å². The lowest BCUT2D eigenvalue weighted by Crippen LogP contribution is -2.47. The maximum Gasteiger partial charge on any atom is 0.326 e. The van der Waals surface area contributed by atoms with Crippen molar-refractivity contribution in [3.63, 3.8) is 0 Å². The third-order valence-corrected chi connectivity index (χ3v) is 9.27. The van der Waals surface area contributed by atoms with Crippen LogP contribution < -0.4 is 0 Å². The molecule has 1 N–H and O–H groups in total. The molecule has 0 spiro atoms. The number of carboxylic acid groups (broad SMARTS) is 1. The highest BCUT2D eigenvalue weighted by molar-refractivity contribution is 5.99. The number of carbonyl (C=O) groups excluding carboxylic acids is 2. The molecule has 0 aliphatic rings. The van der Waals surface area contributed by atoms with Gasteiger partial charge in [-0.2, -0.15) is 0 Å². The second kappa shape index (κ2) is 33.0. The number of hydrogen-bond acceptors (Lipinski definition) is 3. The number of rotatable bonds is 34. The van der Waals surface area contributed by atoms with Crippen molar-refractivity contribution in [2.75, 3.05) is 0 Å². The van der Waals surface area contributed by atoms with E-state index >= 15 is 0 Å². The Morgan fingerprint density at radius 3 is 0.818 bits per heavy atom. The summed E-state index contributed by atoms with van der Waals surface area (Å²) in [6.45, 7) is 5.99. The molecule has 0 fully saturated rings. The van der Waals surface area contributed by atoms with Crippen LogP contribution in [0.5, 0.6) is 0 Å². The van der Waals surface area contributed by atoms with Crippen LogP contribution >= 0.6 is 0 Å². The quantitative estimate of drug-likeness (QED) is 0.0725. The Morgan fingerprint density at radius 2 is 0.614 bits per heavy atom. The Morgan fingerprint density at radius 1 is 0.409 bits per heavy atom. The van der Waals surface area contributed by atoms with Crippen LogP contribution in [0.3, 0.4) is 0 Å². The van der Waals surface area contributed by atoms with Gasteiger partial charge in [0.05, 0.1) is 0 Å². The number of amides is 2. The van der Waals surface area contributed by atoms with Crippen LogP contribution in [0.2, 0.25) is 0 Å². The molecule has 0 radical (unpaired) electrons. The molecule has 1 atom stereocenters. The highest BCUT2D eigenvalue weighted by Crippen LogP contribution is 2.17. The normalized spacial score (nSPS) is 12.0. The summed E-state index contributed by atoms with van der Waals surface area (Å²) in [6.07, 6.45) is 38.3.